The molecule has 0 bridgehead atoms. The maximum Gasteiger partial charge on any atom is 0.237 e. The second-order valence-electron chi connectivity index (χ2n) is 3.05. The van der Waals surface area contributed by atoms with Crippen molar-refractivity contribution >= 4 is 5.69 Å². The zero-order valence-electron chi connectivity index (χ0n) is 8.75. The summed E-state index contributed by atoms with van der Waals surface area (Å²) >= 11 is 0. The van der Waals surface area contributed by atoms with Gasteiger partial charge in [-0.15, -0.1) is 0 Å². The van der Waals surface area contributed by atoms with E-state index in [1.807, 2.05) is 0 Å². The smallest absolute Gasteiger partial charge is 0.237 e. The number of nitrogens with zero attached hydrogens (tertiary/aromatic N) is 2. The molecule has 1 aromatic carbocycles. The molecule has 16 heavy (non-hydrogen) atoms. The summed E-state index contributed by atoms with van der Waals surface area (Å²) in [5.74, 6) is 1.62. The van der Waals surface area contributed by atoms with Gasteiger partial charge in [0.1, 0.15) is 5.75 Å². The first kappa shape index (κ1) is 10.2. The zero-order chi connectivity index (χ0) is 11.4. The second kappa shape index (κ2) is 4.48. The van der Waals surface area contributed by atoms with Crippen LogP contribution in [0.25, 0.3) is 0 Å². The van der Waals surface area contributed by atoms with E-state index in [2.05, 4.69) is 9.97 Å². The SMILES string of the molecule is COc1ccc(Oc2cnccn2)c(N)c1. The van der Waals surface area contributed by atoms with Crippen LogP contribution in [-0.4, -0.2) is 17.1 Å². The van der Waals surface area contributed by atoms with Crippen LogP contribution in [0.2, 0.25) is 0 Å². The average molecular weight is 217 g/mol. The second-order valence-corrected chi connectivity index (χ2v) is 3.05. The van der Waals surface area contributed by atoms with Crippen LogP contribution < -0.4 is 15.2 Å². The van der Waals surface area contributed by atoms with Gasteiger partial charge in [0.2, 0.25) is 5.88 Å². The van der Waals surface area contributed by atoms with Gasteiger partial charge < -0.3 is 15.2 Å². The Morgan fingerprint density at radius 3 is 2.75 bits per heavy atom. The average Bonchev–Trinajstić information content (AvgIpc) is 2.33. The summed E-state index contributed by atoms with van der Waals surface area (Å²) in [5, 5.41) is 0. The van der Waals surface area contributed by atoms with Crippen LogP contribution in [0, 0.1) is 0 Å². The Morgan fingerprint density at radius 1 is 1.25 bits per heavy atom. The lowest BCUT2D eigenvalue weighted by Crippen LogP contribution is -1.94. The van der Waals surface area contributed by atoms with Gasteiger partial charge in [-0.05, 0) is 12.1 Å². The summed E-state index contributed by atoms with van der Waals surface area (Å²) in [6.07, 6.45) is 4.64. The third kappa shape index (κ3) is 2.20. The number of rotatable bonds is 3. The van der Waals surface area contributed by atoms with E-state index in [1.165, 1.54) is 6.20 Å². The first-order valence-corrected chi connectivity index (χ1v) is 4.67. The van der Waals surface area contributed by atoms with Crippen molar-refractivity contribution in [1.29, 1.82) is 0 Å². The van der Waals surface area contributed by atoms with Crippen molar-refractivity contribution < 1.29 is 9.47 Å². The van der Waals surface area contributed by atoms with Crippen LogP contribution in [-0.2, 0) is 0 Å². The third-order valence-corrected chi connectivity index (χ3v) is 1.97. The van der Waals surface area contributed by atoms with Gasteiger partial charge in [-0.25, -0.2) is 4.98 Å². The fraction of sp³-hybridized carbons (Fsp3) is 0.0909. The molecule has 0 aliphatic rings. The summed E-state index contributed by atoms with van der Waals surface area (Å²) in [5.41, 5.74) is 6.28. The molecule has 0 amide bonds. The Balaban J connectivity index is 2.22. The number of hydrogen-bond donors (Lipinski definition) is 1. The van der Waals surface area contributed by atoms with E-state index in [0.29, 0.717) is 23.1 Å². The molecule has 1 aromatic heterocycles. The maximum atomic E-state index is 5.79. The molecule has 0 saturated carbocycles. The van der Waals surface area contributed by atoms with Gasteiger partial charge in [-0.2, -0.15) is 0 Å². The summed E-state index contributed by atoms with van der Waals surface area (Å²) in [6, 6.07) is 5.18. The number of ether oxygens (including phenoxy) is 2. The Kier molecular flexibility index (Phi) is 2.86. The highest BCUT2D eigenvalue weighted by atomic mass is 16.5. The molecule has 2 N–H and O–H groups in total. The molecule has 0 fully saturated rings. The standard InChI is InChI=1S/C11H11N3O2/c1-15-8-2-3-10(9(12)6-8)16-11-7-13-4-5-14-11/h2-7H,12H2,1H3. The molecule has 0 unspecified atom stereocenters. The van der Waals surface area contributed by atoms with Crippen LogP contribution in [0.3, 0.4) is 0 Å². The van der Waals surface area contributed by atoms with Crippen LogP contribution in [0.15, 0.2) is 36.8 Å². The normalized spacial score (nSPS) is 9.81. The fourth-order valence-corrected chi connectivity index (χ4v) is 1.20. The lowest BCUT2D eigenvalue weighted by molar-refractivity contribution is 0.412. The van der Waals surface area contributed by atoms with E-state index in [9.17, 15) is 0 Å². The van der Waals surface area contributed by atoms with Gasteiger partial charge in [-0.1, -0.05) is 0 Å². The van der Waals surface area contributed by atoms with E-state index < -0.39 is 0 Å². The quantitative estimate of drug-likeness (QED) is 0.794. The van der Waals surface area contributed by atoms with Gasteiger partial charge in [0.25, 0.3) is 0 Å². The first-order valence-electron chi connectivity index (χ1n) is 4.67. The Morgan fingerprint density at radius 2 is 2.12 bits per heavy atom. The monoisotopic (exact) mass is 217 g/mol. The van der Waals surface area contributed by atoms with E-state index >= 15 is 0 Å². The maximum absolute atomic E-state index is 5.79. The molecule has 5 nitrogen and oxygen atoms in total. The predicted molar refractivity (Wildman–Crippen MR) is 59.5 cm³/mol. The topological polar surface area (TPSA) is 70.3 Å². The number of nitrogens with two attached hydrogens (primary N) is 1. The van der Waals surface area contributed by atoms with Crippen molar-refractivity contribution in [3.05, 3.63) is 36.8 Å². The van der Waals surface area contributed by atoms with Crippen molar-refractivity contribution in [2.45, 2.75) is 0 Å². The van der Waals surface area contributed by atoms with Crippen LogP contribution in [0.1, 0.15) is 0 Å². The Labute approximate surface area is 92.9 Å². The van der Waals surface area contributed by atoms with Gasteiger partial charge in [0, 0.05) is 18.5 Å². The number of anilines is 1. The van der Waals surface area contributed by atoms with Crippen molar-refractivity contribution in [2.75, 3.05) is 12.8 Å². The summed E-state index contributed by atoms with van der Waals surface area (Å²) < 4.78 is 10.5. The molecule has 0 aliphatic heterocycles. The number of benzene rings is 1. The van der Waals surface area contributed by atoms with Crippen molar-refractivity contribution in [3.8, 4) is 17.4 Å². The number of aromatic nitrogens is 2. The molecule has 0 saturated heterocycles. The molecule has 2 rings (SSSR count). The molecule has 5 heteroatoms. The molecule has 1 heterocycles. The fourth-order valence-electron chi connectivity index (χ4n) is 1.20. The van der Waals surface area contributed by atoms with Crippen molar-refractivity contribution in [2.24, 2.45) is 0 Å². The van der Waals surface area contributed by atoms with E-state index in [4.69, 9.17) is 15.2 Å². The van der Waals surface area contributed by atoms with E-state index in [1.54, 1.807) is 37.7 Å². The van der Waals surface area contributed by atoms with Crippen molar-refractivity contribution in [1.82, 2.24) is 9.97 Å². The first-order chi connectivity index (χ1) is 7.79. The van der Waals surface area contributed by atoms with Crippen LogP contribution >= 0.6 is 0 Å². The van der Waals surface area contributed by atoms with Gasteiger partial charge >= 0.3 is 0 Å². The lowest BCUT2D eigenvalue weighted by Gasteiger charge is -2.08. The van der Waals surface area contributed by atoms with Crippen LogP contribution in [0.5, 0.6) is 17.4 Å². The molecule has 2 aromatic rings. The predicted octanol–water partition coefficient (Wildman–Crippen LogP) is 1.86. The largest absolute Gasteiger partial charge is 0.497 e. The molecule has 0 aliphatic carbocycles. The van der Waals surface area contributed by atoms with Gasteiger partial charge in [-0.3, -0.25) is 4.98 Å². The number of hydrogen-bond acceptors (Lipinski definition) is 5. The Hall–Kier alpha value is -2.30. The minimum Gasteiger partial charge on any atom is -0.497 e. The minimum absolute atomic E-state index is 0.402. The molecule has 0 spiro atoms. The lowest BCUT2D eigenvalue weighted by atomic mass is 10.3. The molecular weight excluding hydrogens is 206 g/mol. The van der Waals surface area contributed by atoms with E-state index in [0.717, 1.165) is 0 Å². The molecule has 0 radical (unpaired) electrons. The summed E-state index contributed by atoms with van der Waals surface area (Å²) in [4.78, 5) is 7.88. The molecular formula is C11H11N3O2. The highest BCUT2D eigenvalue weighted by Gasteiger charge is 2.04. The van der Waals surface area contributed by atoms with Crippen LogP contribution in [0.4, 0.5) is 5.69 Å². The van der Waals surface area contributed by atoms with E-state index in [-0.39, 0.29) is 0 Å². The number of nitrogen functional groups attached to an aromatic ring is 1. The molecule has 0 atom stereocenters. The zero-order valence-corrected chi connectivity index (χ0v) is 8.75. The molecule has 82 valence electrons. The summed E-state index contributed by atoms with van der Waals surface area (Å²) in [6.45, 7) is 0. The van der Waals surface area contributed by atoms with Gasteiger partial charge in [0.15, 0.2) is 5.75 Å². The van der Waals surface area contributed by atoms with Gasteiger partial charge in [0.05, 0.1) is 19.0 Å². The third-order valence-electron chi connectivity index (χ3n) is 1.97. The highest BCUT2D eigenvalue weighted by Crippen LogP contribution is 2.29. The minimum atomic E-state index is 0.402. The highest BCUT2D eigenvalue weighted by molar-refractivity contribution is 5.56. The van der Waals surface area contributed by atoms with Crippen molar-refractivity contribution in [3.63, 3.8) is 0 Å². The summed E-state index contributed by atoms with van der Waals surface area (Å²) in [7, 11) is 1.58. The Bertz CT molecular complexity index is 474. The number of methoxy groups -OCH3 is 1.